The number of hydrogen-bond donors (Lipinski definition) is 1. The molecule has 1 unspecified atom stereocenters. The minimum absolute atomic E-state index is 0.167. The molecule has 5 heteroatoms. The summed E-state index contributed by atoms with van der Waals surface area (Å²) >= 11 is 0. The Morgan fingerprint density at radius 3 is 2.76 bits per heavy atom. The average Bonchev–Trinajstić information content (AvgIpc) is 2.66. The lowest BCUT2D eigenvalue weighted by Gasteiger charge is -2.10. The molecule has 2 heterocycles. The molecule has 0 saturated carbocycles. The number of nitrogens with zero attached hydrogens (tertiary/aromatic N) is 1. The van der Waals surface area contributed by atoms with Crippen molar-refractivity contribution in [3.8, 4) is 0 Å². The van der Waals surface area contributed by atoms with Crippen molar-refractivity contribution in [3.63, 3.8) is 0 Å². The summed E-state index contributed by atoms with van der Waals surface area (Å²) < 4.78 is 23.2. The van der Waals surface area contributed by atoms with Gasteiger partial charge in [-0.1, -0.05) is 0 Å². The Kier molecular flexibility index (Phi) is 4.12. The van der Waals surface area contributed by atoms with Crippen LogP contribution in [0.15, 0.2) is 24.5 Å². The summed E-state index contributed by atoms with van der Waals surface area (Å²) in [4.78, 5) is 3.96. The van der Waals surface area contributed by atoms with Gasteiger partial charge in [-0.2, -0.15) is 0 Å². The van der Waals surface area contributed by atoms with Gasteiger partial charge in [0.05, 0.1) is 11.0 Å². The van der Waals surface area contributed by atoms with Crippen LogP contribution in [0.25, 0.3) is 0 Å². The molecule has 1 fully saturated rings. The summed E-state index contributed by atoms with van der Waals surface area (Å²) in [5, 5.41) is 3.07. The van der Waals surface area contributed by atoms with E-state index in [4.69, 9.17) is 0 Å². The Bertz CT molecular complexity index is 445. The SMILES string of the molecule is O=S1(=O)CCCC1CNCCc1ccncc1. The first-order chi connectivity index (χ1) is 8.18. The minimum atomic E-state index is -2.80. The zero-order chi connectivity index (χ0) is 12.1. The lowest BCUT2D eigenvalue weighted by molar-refractivity contribution is 0.574. The predicted octanol–water partition coefficient (Wildman–Crippen LogP) is 0.791. The van der Waals surface area contributed by atoms with E-state index in [0.717, 1.165) is 25.8 Å². The van der Waals surface area contributed by atoms with Gasteiger partial charge in [0.15, 0.2) is 9.84 Å². The third-order valence-corrected chi connectivity index (χ3v) is 5.45. The molecular formula is C12H18N2O2S. The second-order valence-electron chi connectivity index (χ2n) is 4.44. The van der Waals surface area contributed by atoms with E-state index in [0.29, 0.717) is 12.3 Å². The summed E-state index contributed by atoms with van der Waals surface area (Å²) in [5.74, 6) is 0.365. The van der Waals surface area contributed by atoms with E-state index in [1.54, 1.807) is 12.4 Å². The van der Waals surface area contributed by atoms with Gasteiger partial charge in [0.1, 0.15) is 0 Å². The molecule has 0 aliphatic carbocycles. The smallest absolute Gasteiger partial charge is 0.154 e. The van der Waals surface area contributed by atoms with E-state index in [1.807, 2.05) is 12.1 Å². The lowest BCUT2D eigenvalue weighted by atomic mass is 10.2. The topological polar surface area (TPSA) is 59.1 Å². The molecule has 0 aromatic carbocycles. The van der Waals surface area contributed by atoms with E-state index >= 15 is 0 Å². The van der Waals surface area contributed by atoms with Crippen molar-refractivity contribution in [1.82, 2.24) is 10.3 Å². The van der Waals surface area contributed by atoms with Gasteiger partial charge >= 0.3 is 0 Å². The highest BCUT2D eigenvalue weighted by Crippen LogP contribution is 2.18. The van der Waals surface area contributed by atoms with Crippen LogP contribution in [0.2, 0.25) is 0 Å². The van der Waals surface area contributed by atoms with E-state index in [9.17, 15) is 8.42 Å². The van der Waals surface area contributed by atoms with Gasteiger partial charge in [-0.15, -0.1) is 0 Å². The molecule has 4 nitrogen and oxygen atoms in total. The van der Waals surface area contributed by atoms with Gasteiger partial charge in [0.25, 0.3) is 0 Å². The molecule has 1 aromatic rings. The Hall–Kier alpha value is -0.940. The highest BCUT2D eigenvalue weighted by atomic mass is 32.2. The van der Waals surface area contributed by atoms with E-state index < -0.39 is 9.84 Å². The van der Waals surface area contributed by atoms with Gasteiger partial charge < -0.3 is 5.32 Å². The number of nitrogens with one attached hydrogen (secondary N) is 1. The molecule has 1 aliphatic rings. The fraction of sp³-hybridized carbons (Fsp3) is 0.583. The second-order valence-corrected chi connectivity index (χ2v) is 6.84. The molecule has 1 atom stereocenters. The third kappa shape index (κ3) is 3.51. The van der Waals surface area contributed by atoms with Crippen molar-refractivity contribution >= 4 is 9.84 Å². The molecule has 1 aromatic heterocycles. The molecule has 0 bridgehead atoms. The monoisotopic (exact) mass is 254 g/mol. The molecule has 1 saturated heterocycles. The van der Waals surface area contributed by atoms with E-state index in [-0.39, 0.29) is 5.25 Å². The fourth-order valence-electron chi connectivity index (χ4n) is 2.13. The van der Waals surface area contributed by atoms with Crippen LogP contribution in [0.1, 0.15) is 18.4 Å². The van der Waals surface area contributed by atoms with Crippen molar-refractivity contribution in [1.29, 1.82) is 0 Å². The standard InChI is InChI=1S/C12H18N2O2S/c15-17(16)9-1-2-12(17)10-14-8-5-11-3-6-13-7-4-11/h3-4,6-7,12,14H,1-2,5,8-10H2. The maximum atomic E-state index is 11.6. The Morgan fingerprint density at radius 2 is 2.12 bits per heavy atom. The van der Waals surface area contributed by atoms with E-state index in [2.05, 4.69) is 10.3 Å². The molecule has 2 rings (SSSR count). The second kappa shape index (κ2) is 5.60. The van der Waals surface area contributed by atoms with Crippen LogP contribution in [-0.4, -0.2) is 37.5 Å². The predicted molar refractivity (Wildman–Crippen MR) is 67.6 cm³/mol. The van der Waals surface area contributed by atoms with Crippen LogP contribution in [-0.2, 0) is 16.3 Å². The average molecular weight is 254 g/mol. The van der Waals surface area contributed by atoms with Crippen molar-refractivity contribution in [2.24, 2.45) is 0 Å². The third-order valence-electron chi connectivity index (χ3n) is 3.17. The maximum Gasteiger partial charge on any atom is 0.154 e. The normalized spacial score (nSPS) is 22.7. The van der Waals surface area contributed by atoms with Gasteiger partial charge in [0.2, 0.25) is 0 Å². The molecule has 0 spiro atoms. The number of rotatable bonds is 5. The quantitative estimate of drug-likeness (QED) is 0.789. The number of pyridine rings is 1. The maximum absolute atomic E-state index is 11.6. The molecule has 94 valence electrons. The highest BCUT2D eigenvalue weighted by Gasteiger charge is 2.30. The Labute approximate surface area is 102 Å². The van der Waals surface area contributed by atoms with Crippen molar-refractivity contribution in [2.45, 2.75) is 24.5 Å². The van der Waals surface area contributed by atoms with Crippen LogP contribution in [0, 0.1) is 0 Å². The fourth-order valence-corrected chi connectivity index (χ4v) is 3.93. The zero-order valence-corrected chi connectivity index (χ0v) is 10.6. The molecule has 0 radical (unpaired) electrons. The first-order valence-electron chi connectivity index (χ1n) is 6.00. The van der Waals surface area contributed by atoms with Gasteiger partial charge in [0, 0.05) is 18.9 Å². The van der Waals surface area contributed by atoms with Gasteiger partial charge in [-0.25, -0.2) is 8.42 Å². The summed E-state index contributed by atoms with van der Waals surface area (Å²) in [5.41, 5.74) is 1.22. The molecule has 1 N–H and O–H groups in total. The Balaban J connectivity index is 1.70. The first-order valence-corrected chi connectivity index (χ1v) is 7.71. The molecule has 17 heavy (non-hydrogen) atoms. The molecular weight excluding hydrogens is 236 g/mol. The summed E-state index contributed by atoms with van der Waals surface area (Å²) in [6, 6.07) is 3.96. The van der Waals surface area contributed by atoms with Crippen LogP contribution in [0.3, 0.4) is 0 Å². The minimum Gasteiger partial charge on any atom is -0.315 e. The van der Waals surface area contributed by atoms with Crippen molar-refractivity contribution in [2.75, 3.05) is 18.8 Å². The summed E-state index contributed by atoms with van der Waals surface area (Å²) in [6.07, 6.45) is 6.09. The van der Waals surface area contributed by atoms with Crippen LogP contribution < -0.4 is 5.32 Å². The zero-order valence-electron chi connectivity index (χ0n) is 9.80. The Morgan fingerprint density at radius 1 is 1.35 bits per heavy atom. The van der Waals surface area contributed by atoms with Crippen LogP contribution >= 0.6 is 0 Å². The lowest BCUT2D eigenvalue weighted by Crippen LogP contribution is -2.31. The summed E-state index contributed by atoms with van der Waals surface area (Å²) in [6.45, 7) is 1.41. The number of aromatic nitrogens is 1. The van der Waals surface area contributed by atoms with E-state index in [1.165, 1.54) is 5.56 Å². The first kappa shape index (κ1) is 12.5. The highest BCUT2D eigenvalue weighted by molar-refractivity contribution is 7.92. The number of hydrogen-bond acceptors (Lipinski definition) is 4. The largest absolute Gasteiger partial charge is 0.315 e. The summed E-state index contributed by atoms with van der Waals surface area (Å²) in [7, 11) is -2.80. The van der Waals surface area contributed by atoms with Gasteiger partial charge in [-0.05, 0) is 43.5 Å². The van der Waals surface area contributed by atoms with Crippen LogP contribution in [0.4, 0.5) is 0 Å². The van der Waals surface area contributed by atoms with Gasteiger partial charge in [-0.3, -0.25) is 4.98 Å². The van der Waals surface area contributed by atoms with Crippen LogP contribution in [0.5, 0.6) is 0 Å². The molecule has 0 amide bonds. The van der Waals surface area contributed by atoms with Crippen molar-refractivity contribution in [3.05, 3.63) is 30.1 Å². The molecule has 1 aliphatic heterocycles. The number of sulfone groups is 1. The van der Waals surface area contributed by atoms with Crippen molar-refractivity contribution < 1.29 is 8.42 Å².